The van der Waals surface area contributed by atoms with Crippen LogP contribution in [0.5, 0.6) is 0 Å². The van der Waals surface area contributed by atoms with E-state index >= 15 is 0 Å². The van der Waals surface area contributed by atoms with Crippen LogP contribution in [0.4, 0.5) is 5.82 Å². The van der Waals surface area contributed by atoms with Crippen molar-refractivity contribution in [2.24, 2.45) is 4.99 Å². The molecule has 0 aromatic carbocycles. The van der Waals surface area contributed by atoms with Gasteiger partial charge in [-0.3, -0.25) is 9.98 Å². The maximum absolute atomic E-state index is 4.62. The Morgan fingerprint density at radius 1 is 0.960 bits per heavy atom. The first kappa shape index (κ1) is 18.7. The van der Waals surface area contributed by atoms with Crippen LogP contribution in [-0.2, 0) is 6.42 Å². The van der Waals surface area contributed by atoms with Gasteiger partial charge in [-0.1, -0.05) is 12.1 Å². The zero-order chi connectivity index (χ0) is 17.6. The SMILES string of the molecule is CCNC(=NCCCCNc1ccccn1)NCCc1ccccn1. The van der Waals surface area contributed by atoms with Crippen molar-refractivity contribution in [3.8, 4) is 0 Å². The van der Waals surface area contributed by atoms with Crippen molar-refractivity contribution in [3.05, 3.63) is 54.5 Å². The predicted octanol–water partition coefficient (Wildman–Crippen LogP) is 2.47. The number of aliphatic imine (C=N–C) groups is 1. The minimum absolute atomic E-state index is 0.808. The Kier molecular flexibility index (Phi) is 8.86. The Morgan fingerprint density at radius 3 is 2.52 bits per heavy atom. The van der Waals surface area contributed by atoms with E-state index in [0.29, 0.717) is 0 Å². The van der Waals surface area contributed by atoms with Gasteiger partial charge in [0, 0.05) is 50.7 Å². The van der Waals surface area contributed by atoms with Crippen molar-refractivity contribution < 1.29 is 0 Å². The molecule has 0 saturated heterocycles. The fraction of sp³-hybridized carbons (Fsp3) is 0.421. The lowest BCUT2D eigenvalue weighted by Gasteiger charge is -2.11. The van der Waals surface area contributed by atoms with Crippen LogP contribution >= 0.6 is 0 Å². The van der Waals surface area contributed by atoms with E-state index in [9.17, 15) is 0 Å². The molecule has 6 heteroatoms. The number of hydrogen-bond acceptors (Lipinski definition) is 4. The Hall–Kier alpha value is -2.63. The number of nitrogens with one attached hydrogen (secondary N) is 3. The van der Waals surface area contributed by atoms with Crippen LogP contribution in [0.3, 0.4) is 0 Å². The quantitative estimate of drug-likeness (QED) is 0.352. The Balaban J connectivity index is 1.61. The first-order valence-electron chi connectivity index (χ1n) is 8.95. The Labute approximate surface area is 150 Å². The molecule has 0 radical (unpaired) electrons. The molecule has 0 fully saturated rings. The number of unbranched alkanes of at least 4 members (excludes halogenated alkanes) is 1. The normalized spacial score (nSPS) is 11.2. The highest BCUT2D eigenvalue weighted by Crippen LogP contribution is 2.00. The van der Waals surface area contributed by atoms with E-state index in [0.717, 1.165) is 62.9 Å². The molecule has 0 saturated carbocycles. The second-order valence-corrected chi connectivity index (χ2v) is 5.61. The summed E-state index contributed by atoms with van der Waals surface area (Å²) in [7, 11) is 0. The van der Waals surface area contributed by atoms with Crippen LogP contribution in [0, 0.1) is 0 Å². The van der Waals surface area contributed by atoms with Gasteiger partial charge in [0.2, 0.25) is 0 Å². The van der Waals surface area contributed by atoms with Crippen LogP contribution < -0.4 is 16.0 Å². The molecule has 0 unspecified atom stereocenters. The van der Waals surface area contributed by atoms with Crippen molar-refractivity contribution >= 4 is 11.8 Å². The maximum atomic E-state index is 4.62. The van der Waals surface area contributed by atoms with Gasteiger partial charge in [0.25, 0.3) is 0 Å². The number of hydrogen-bond donors (Lipinski definition) is 3. The van der Waals surface area contributed by atoms with Crippen molar-refractivity contribution in [1.82, 2.24) is 20.6 Å². The number of nitrogens with zero attached hydrogens (tertiary/aromatic N) is 3. The fourth-order valence-electron chi connectivity index (χ4n) is 2.31. The van der Waals surface area contributed by atoms with E-state index in [1.54, 1.807) is 6.20 Å². The Morgan fingerprint density at radius 2 is 1.80 bits per heavy atom. The highest BCUT2D eigenvalue weighted by atomic mass is 15.2. The first-order valence-corrected chi connectivity index (χ1v) is 8.95. The second-order valence-electron chi connectivity index (χ2n) is 5.61. The molecule has 0 amide bonds. The molecule has 134 valence electrons. The van der Waals surface area contributed by atoms with Gasteiger partial charge in [-0.05, 0) is 44.0 Å². The van der Waals surface area contributed by atoms with Crippen molar-refractivity contribution in [2.75, 3.05) is 31.5 Å². The molecule has 2 heterocycles. The van der Waals surface area contributed by atoms with Gasteiger partial charge >= 0.3 is 0 Å². The molecule has 0 aliphatic heterocycles. The van der Waals surface area contributed by atoms with Gasteiger partial charge in [0.05, 0.1) is 0 Å². The molecule has 0 aliphatic carbocycles. The summed E-state index contributed by atoms with van der Waals surface area (Å²) in [6, 6.07) is 11.9. The summed E-state index contributed by atoms with van der Waals surface area (Å²) in [5.41, 5.74) is 1.09. The van der Waals surface area contributed by atoms with Crippen molar-refractivity contribution in [1.29, 1.82) is 0 Å². The monoisotopic (exact) mass is 340 g/mol. The highest BCUT2D eigenvalue weighted by molar-refractivity contribution is 5.79. The lowest BCUT2D eigenvalue weighted by Crippen LogP contribution is -2.38. The van der Waals surface area contributed by atoms with Gasteiger partial charge in [0.1, 0.15) is 5.82 Å². The summed E-state index contributed by atoms with van der Waals surface area (Å²) in [5.74, 6) is 1.80. The first-order chi connectivity index (χ1) is 12.4. The summed E-state index contributed by atoms with van der Waals surface area (Å²) in [4.78, 5) is 13.2. The molecule has 25 heavy (non-hydrogen) atoms. The number of pyridine rings is 2. The number of anilines is 1. The minimum atomic E-state index is 0.808. The average Bonchev–Trinajstić information content (AvgIpc) is 2.66. The molecule has 2 rings (SSSR count). The third kappa shape index (κ3) is 8.15. The van der Waals surface area contributed by atoms with E-state index in [-0.39, 0.29) is 0 Å². The summed E-state index contributed by atoms with van der Waals surface area (Å²) in [6.07, 6.45) is 6.61. The summed E-state index contributed by atoms with van der Waals surface area (Å²) >= 11 is 0. The zero-order valence-corrected chi connectivity index (χ0v) is 14.9. The van der Waals surface area contributed by atoms with E-state index in [1.807, 2.05) is 42.6 Å². The average molecular weight is 340 g/mol. The summed E-state index contributed by atoms with van der Waals surface area (Å²) < 4.78 is 0. The third-order valence-corrected chi connectivity index (χ3v) is 3.57. The van der Waals surface area contributed by atoms with Gasteiger partial charge in [0.15, 0.2) is 5.96 Å². The number of aromatic nitrogens is 2. The van der Waals surface area contributed by atoms with E-state index < -0.39 is 0 Å². The largest absolute Gasteiger partial charge is 0.370 e. The van der Waals surface area contributed by atoms with Crippen molar-refractivity contribution in [3.63, 3.8) is 0 Å². The zero-order valence-electron chi connectivity index (χ0n) is 14.9. The molecule has 0 bridgehead atoms. The standard InChI is InChI=1S/C19H28N6/c1-2-20-19(25-16-11-17-9-3-5-12-21-17)24-15-8-7-14-23-18-10-4-6-13-22-18/h3-6,9-10,12-13H,2,7-8,11,14-16H2,1H3,(H,22,23)(H2,20,24,25). The number of guanidine groups is 1. The molecule has 0 spiro atoms. The molecule has 0 aliphatic rings. The smallest absolute Gasteiger partial charge is 0.191 e. The molecular weight excluding hydrogens is 312 g/mol. The van der Waals surface area contributed by atoms with E-state index in [4.69, 9.17) is 0 Å². The highest BCUT2D eigenvalue weighted by Gasteiger charge is 1.98. The Bertz CT molecular complexity index is 600. The van der Waals surface area contributed by atoms with Crippen LogP contribution in [0.25, 0.3) is 0 Å². The van der Waals surface area contributed by atoms with Crippen LogP contribution in [0.15, 0.2) is 53.8 Å². The second kappa shape index (κ2) is 11.8. The molecule has 0 atom stereocenters. The van der Waals surface area contributed by atoms with E-state index in [1.165, 1.54) is 0 Å². The molecule has 2 aromatic rings. The number of rotatable bonds is 10. The molecule has 2 aromatic heterocycles. The topological polar surface area (TPSA) is 74.2 Å². The van der Waals surface area contributed by atoms with Gasteiger partial charge in [-0.25, -0.2) is 4.98 Å². The molecular formula is C19H28N6. The summed E-state index contributed by atoms with van der Waals surface area (Å²) in [5, 5.41) is 9.95. The molecule has 3 N–H and O–H groups in total. The molecule has 6 nitrogen and oxygen atoms in total. The summed E-state index contributed by atoms with van der Waals surface area (Å²) in [6.45, 7) is 5.48. The third-order valence-electron chi connectivity index (χ3n) is 3.57. The lowest BCUT2D eigenvalue weighted by molar-refractivity contribution is 0.747. The van der Waals surface area contributed by atoms with Crippen LogP contribution in [0.1, 0.15) is 25.5 Å². The van der Waals surface area contributed by atoms with Gasteiger partial charge in [-0.2, -0.15) is 0 Å². The fourth-order valence-corrected chi connectivity index (χ4v) is 2.31. The van der Waals surface area contributed by atoms with Crippen LogP contribution in [-0.4, -0.2) is 42.1 Å². The predicted molar refractivity (Wildman–Crippen MR) is 104 cm³/mol. The van der Waals surface area contributed by atoms with Crippen LogP contribution in [0.2, 0.25) is 0 Å². The van der Waals surface area contributed by atoms with Crippen molar-refractivity contribution in [2.45, 2.75) is 26.2 Å². The maximum Gasteiger partial charge on any atom is 0.191 e. The van der Waals surface area contributed by atoms with E-state index in [2.05, 4.69) is 37.8 Å². The minimum Gasteiger partial charge on any atom is -0.370 e. The van der Waals surface area contributed by atoms with Gasteiger partial charge in [-0.15, -0.1) is 0 Å². The lowest BCUT2D eigenvalue weighted by atomic mass is 10.3. The van der Waals surface area contributed by atoms with Gasteiger partial charge < -0.3 is 16.0 Å².